The smallest absolute Gasteiger partial charge is 0.218 e. The van der Waals surface area contributed by atoms with E-state index in [2.05, 4.69) is 0 Å². The SMILES string of the molecule is OC1(O)c2ccccc2C(O)(O)c2ccccc21. The van der Waals surface area contributed by atoms with E-state index in [4.69, 9.17) is 0 Å². The van der Waals surface area contributed by atoms with Crippen LogP contribution in [0, 0.1) is 0 Å². The molecule has 0 aromatic heterocycles. The Labute approximate surface area is 103 Å². The van der Waals surface area contributed by atoms with Crippen LogP contribution in [0.25, 0.3) is 0 Å². The number of aliphatic hydroxyl groups is 4. The van der Waals surface area contributed by atoms with Gasteiger partial charge in [-0.15, -0.1) is 0 Å². The first-order valence-electron chi connectivity index (χ1n) is 5.55. The lowest BCUT2D eigenvalue weighted by Gasteiger charge is -2.38. The van der Waals surface area contributed by atoms with Crippen molar-refractivity contribution in [3.8, 4) is 0 Å². The van der Waals surface area contributed by atoms with Crippen molar-refractivity contribution in [2.24, 2.45) is 0 Å². The van der Waals surface area contributed by atoms with Gasteiger partial charge in [-0.05, 0) is 0 Å². The van der Waals surface area contributed by atoms with Crippen molar-refractivity contribution >= 4 is 0 Å². The highest BCUT2D eigenvalue weighted by Crippen LogP contribution is 2.44. The summed E-state index contributed by atoms with van der Waals surface area (Å²) in [6.07, 6.45) is 0. The van der Waals surface area contributed by atoms with E-state index in [0.717, 1.165) is 0 Å². The fourth-order valence-electron chi connectivity index (χ4n) is 2.47. The van der Waals surface area contributed by atoms with E-state index < -0.39 is 11.6 Å². The quantitative estimate of drug-likeness (QED) is 0.505. The summed E-state index contributed by atoms with van der Waals surface area (Å²) in [5, 5.41) is 41.0. The zero-order valence-electron chi connectivity index (χ0n) is 9.41. The average molecular weight is 244 g/mol. The van der Waals surface area contributed by atoms with E-state index in [1.165, 1.54) is 24.3 Å². The third kappa shape index (κ3) is 1.28. The van der Waals surface area contributed by atoms with Gasteiger partial charge in [-0.25, -0.2) is 0 Å². The molecule has 92 valence electrons. The maximum atomic E-state index is 10.2. The van der Waals surface area contributed by atoms with Crippen LogP contribution < -0.4 is 0 Å². The first-order chi connectivity index (χ1) is 8.45. The monoisotopic (exact) mass is 244 g/mol. The van der Waals surface area contributed by atoms with Gasteiger partial charge in [0.2, 0.25) is 11.6 Å². The Morgan fingerprint density at radius 2 is 0.722 bits per heavy atom. The van der Waals surface area contributed by atoms with Gasteiger partial charge in [-0.3, -0.25) is 0 Å². The molecule has 0 saturated carbocycles. The summed E-state index contributed by atoms with van der Waals surface area (Å²) >= 11 is 0. The first kappa shape index (κ1) is 11.4. The highest BCUT2D eigenvalue weighted by atomic mass is 16.5. The van der Waals surface area contributed by atoms with Crippen LogP contribution in [0.3, 0.4) is 0 Å². The third-order valence-corrected chi connectivity index (χ3v) is 3.36. The molecule has 0 saturated heterocycles. The molecule has 4 nitrogen and oxygen atoms in total. The van der Waals surface area contributed by atoms with E-state index in [0.29, 0.717) is 0 Å². The van der Waals surface area contributed by atoms with E-state index in [9.17, 15) is 20.4 Å². The molecule has 2 aromatic rings. The molecule has 0 spiro atoms. The zero-order valence-corrected chi connectivity index (χ0v) is 9.41. The van der Waals surface area contributed by atoms with Crippen LogP contribution in [0.15, 0.2) is 48.5 Å². The van der Waals surface area contributed by atoms with E-state index in [1.807, 2.05) is 0 Å². The molecular formula is C14H12O4. The second kappa shape index (κ2) is 3.40. The Bertz CT molecular complexity index is 511. The van der Waals surface area contributed by atoms with Gasteiger partial charge in [-0.2, -0.15) is 0 Å². The van der Waals surface area contributed by atoms with Crippen LogP contribution >= 0.6 is 0 Å². The highest BCUT2D eigenvalue weighted by Gasteiger charge is 2.47. The summed E-state index contributed by atoms with van der Waals surface area (Å²) in [7, 11) is 0. The lowest BCUT2D eigenvalue weighted by Crippen LogP contribution is -2.42. The fourth-order valence-corrected chi connectivity index (χ4v) is 2.47. The highest BCUT2D eigenvalue weighted by molar-refractivity contribution is 5.53. The molecule has 0 heterocycles. The Kier molecular flexibility index (Phi) is 2.15. The number of hydrogen-bond acceptors (Lipinski definition) is 4. The summed E-state index contributed by atoms with van der Waals surface area (Å²) < 4.78 is 0. The van der Waals surface area contributed by atoms with Gasteiger partial charge in [0.05, 0.1) is 0 Å². The predicted molar refractivity (Wildman–Crippen MR) is 63.3 cm³/mol. The first-order valence-corrected chi connectivity index (χ1v) is 5.55. The van der Waals surface area contributed by atoms with Gasteiger partial charge in [0.1, 0.15) is 0 Å². The lowest BCUT2D eigenvalue weighted by molar-refractivity contribution is -0.175. The Hall–Kier alpha value is -1.72. The number of benzene rings is 2. The zero-order chi connectivity index (χ0) is 13.0. The van der Waals surface area contributed by atoms with E-state index in [-0.39, 0.29) is 22.3 Å². The van der Waals surface area contributed by atoms with Gasteiger partial charge in [0.25, 0.3) is 0 Å². The molecule has 4 heteroatoms. The van der Waals surface area contributed by atoms with Gasteiger partial charge in [0, 0.05) is 22.3 Å². The summed E-state index contributed by atoms with van der Waals surface area (Å²) in [6, 6.07) is 12.3. The topological polar surface area (TPSA) is 80.9 Å². The van der Waals surface area contributed by atoms with Crippen molar-refractivity contribution < 1.29 is 20.4 Å². The molecule has 1 aliphatic carbocycles. The standard InChI is InChI=1S/C14H12O4/c15-13(16)9-5-1-2-6-10(9)14(17,18)12-8-4-3-7-11(12)13/h1-8,15-18H. The van der Waals surface area contributed by atoms with E-state index in [1.54, 1.807) is 24.3 Å². The van der Waals surface area contributed by atoms with Crippen LogP contribution in [0.4, 0.5) is 0 Å². The van der Waals surface area contributed by atoms with Crippen LogP contribution in [0.1, 0.15) is 22.3 Å². The Morgan fingerprint density at radius 3 is 0.944 bits per heavy atom. The lowest BCUT2D eigenvalue weighted by atomic mass is 9.78. The summed E-state index contributed by atoms with van der Waals surface area (Å²) in [6.45, 7) is 0. The van der Waals surface area contributed by atoms with Gasteiger partial charge in [-0.1, -0.05) is 48.5 Å². The summed E-state index contributed by atoms with van der Waals surface area (Å²) in [5.41, 5.74) is 0.310. The molecule has 0 fully saturated rings. The predicted octanol–water partition coefficient (Wildman–Crippen LogP) is 0.371. The molecule has 0 bridgehead atoms. The fraction of sp³-hybridized carbons (Fsp3) is 0.143. The van der Waals surface area contributed by atoms with Gasteiger partial charge < -0.3 is 20.4 Å². The molecule has 18 heavy (non-hydrogen) atoms. The van der Waals surface area contributed by atoms with Crippen molar-refractivity contribution in [3.63, 3.8) is 0 Å². The second-order valence-electron chi connectivity index (χ2n) is 4.44. The molecule has 3 rings (SSSR count). The molecule has 0 atom stereocenters. The van der Waals surface area contributed by atoms with Crippen molar-refractivity contribution in [1.29, 1.82) is 0 Å². The number of fused-ring (bicyclic) bond motifs is 2. The van der Waals surface area contributed by atoms with Crippen molar-refractivity contribution in [2.75, 3.05) is 0 Å². The minimum atomic E-state index is -2.22. The Morgan fingerprint density at radius 1 is 0.500 bits per heavy atom. The van der Waals surface area contributed by atoms with Crippen molar-refractivity contribution in [3.05, 3.63) is 70.8 Å². The van der Waals surface area contributed by atoms with E-state index >= 15 is 0 Å². The molecule has 4 N–H and O–H groups in total. The van der Waals surface area contributed by atoms with Crippen LogP contribution in [-0.2, 0) is 11.6 Å². The van der Waals surface area contributed by atoms with Gasteiger partial charge in [0.15, 0.2) is 0 Å². The average Bonchev–Trinajstić information content (AvgIpc) is 2.37. The van der Waals surface area contributed by atoms with Gasteiger partial charge >= 0.3 is 0 Å². The number of rotatable bonds is 0. The molecule has 0 aliphatic heterocycles. The second-order valence-corrected chi connectivity index (χ2v) is 4.44. The minimum Gasteiger partial charge on any atom is -0.358 e. The molecule has 0 amide bonds. The van der Waals surface area contributed by atoms with Crippen LogP contribution in [0.5, 0.6) is 0 Å². The third-order valence-electron chi connectivity index (χ3n) is 3.36. The maximum Gasteiger partial charge on any atom is 0.218 e. The molecule has 2 aromatic carbocycles. The minimum absolute atomic E-state index is 0.0775. The maximum absolute atomic E-state index is 10.2. The molecule has 0 radical (unpaired) electrons. The normalized spacial score (nSPS) is 18.9. The molecular weight excluding hydrogens is 232 g/mol. The summed E-state index contributed by atoms with van der Waals surface area (Å²) in [4.78, 5) is 0. The van der Waals surface area contributed by atoms with Crippen molar-refractivity contribution in [2.45, 2.75) is 11.6 Å². The number of hydrogen-bond donors (Lipinski definition) is 4. The van der Waals surface area contributed by atoms with Crippen LogP contribution in [-0.4, -0.2) is 20.4 Å². The summed E-state index contributed by atoms with van der Waals surface area (Å²) in [5.74, 6) is -4.44. The largest absolute Gasteiger partial charge is 0.358 e. The van der Waals surface area contributed by atoms with Crippen molar-refractivity contribution in [1.82, 2.24) is 0 Å². The molecule has 1 aliphatic rings. The van der Waals surface area contributed by atoms with Crippen LogP contribution in [0.2, 0.25) is 0 Å². The molecule has 0 unspecified atom stereocenters. The Balaban J connectivity index is 2.41.